The summed E-state index contributed by atoms with van der Waals surface area (Å²) < 4.78 is 18.1. The Morgan fingerprint density at radius 2 is 2.06 bits per heavy atom. The van der Waals surface area contributed by atoms with Crippen LogP contribution < -0.4 is 0 Å². The van der Waals surface area contributed by atoms with Gasteiger partial charge in [-0.15, -0.1) is 0 Å². The van der Waals surface area contributed by atoms with Gasteiger partial charge in [-0.3, -0.25) is 0 Å². The molecule has 0 spiro atoms. The van der Waals surface area contributed by atoms with E-state index in [-0.39, 0.29) is 5.60 Å². The fourth-order valence-corrected chi connectivity index (χ4v) is 3.44. The largest absolute Gasteiger partial charge is 0.379 e. The van der Waals surface area contributed by atoms with Gasteiger partial charge in [0.05, 0.1) is 31.5 Å². The minimum absolute atomic E-state index is 0.163. The molecule has 4 heteroatoms. The van der Waals surface area contributed by atoms with Crippen LogP contribution in [-0.2, 0) is 14.2 Å². The zero-order valence-electron chi connectivity index (χ0n) is 9.75. The van der Waals surface area contributed by atoms with Gasteiger partial charge in [0.25, 0.3) is 0 Å². The molecule has 1 aliphatic carbocycles. The summed E-state index contributed by atoms with van der Waals surface area (Å²) in [7, 11) is 0. The van der Waals surface area contributed by atoms with Crippen LogP contribution in [0.3, 0.4) is 0 Å². The van der Waals surface area contributed by atoms with Crippen LogP contribution in [0.15, 0.2) is 0 Å². The van der Waals surface area contributed by atoms with Crippen LogP contribution in [0.5, 0.6) is 0 Å². The van der Waals surface area contributed by atoms with Gasteiger partial charge in [-0.1, -0.05) is 35.4 Å². The standard InChI is InChI=1S/C12H21IO3/c13-10-12(4-1-2-5-12)16-8-7-15-11-3-6-14-9-11/h11H,1-10H2. The summed E-state index contributed by atoms with van der Waals surface area (Å²) >= 11 is 2.45. The van der Waals surface area contributed by atoms with Crippen molar-refractivity contribution in [2.24, 2.45) is 0 Å². The molecule has 0 amide bonds. The zero-order valence-corrected chi connectivity index (χ0v) is 11.9. The molecule has 1 atom stereocenters. The van der Waals surface area contributed by atoms with E-state index in [2.05, 4.69) is 22.6 Å². The number of hydrogen-bond acceptors (Lipinski definition) is 3. The van der Waals surface area contributed by atoms with Gasteiger partial charge in [0.15, 0.2) is 0 Å². The Morgan fingerprint density at radius 1 is 1.25 bits per heavy atom. The predicted molar refractivity (Wildman–Crippen MR) is 71.2 cm³/mol. The lowest BCUT2D eigenvalue weighted by Crippen LogP contribution is -2.32. The van der Waals surface area contributed by atoms with E-state index in [4.69, 9.17) is 14.2 Å². The highest BCUT2D eigenvalue weighted by atomic mass is 127. The Balaban J connectivity index is 1.59. The molecule has 2 fully saturated rings. The third-order valence-electron chi connectivity index (χ3n) is 3.49. The van der Waals surface area contributed by atoms with Gasteiger partial charge in [0.2, 0.25) is 0 Å². The summed E-state index contributed by atoms with van der Waals surface area (Å²) in [5, 5.41) is 0. The summed E-state index contributed by atoms with van der Waals surface area (Å²) in [5.74, 6) is 0. The molecule has 2 rings (SSSR count). The Morgan fingerprint density at radius 3 is 2.69 bits per heavy atom. The lowest BCUT2D eigenvalue weighted by atomic mass is 10.1. The number of alkyl halides is 1. The summed E-state index contributed by atoms with van der Waals surface area (Å²) in [6, 6.07) is 0. The van der Waals surface area contributed by atoms with Crippen molar-refractivity contribution in [3.63, 3.8) is 0 Å². The van der Waals surface area contributed by atoms with E-state index < -0.39 is 0 Å². The lowest BCUT2D eigenvalue weighted by Gasteiger charge is -2.27. The molecule has 0 bridgehead atoms. The maximum Gasteiger partial charge on any atom is 0.0831 e. The molecule has 0 aromatic rings. The minimum Gasteiger partial charge on any atom is -0.379 e. The van der Waals surface area contributed by atoms with Gasteiger partial charge in [0.1, 0.15) is 0 Å². The average Bonchev–Trinajstić information content (AvgIpc) is 2.97. The molecule has 1 heterocycles. The van der Waals surface area contributed by atoms with Gasteiger partial charge >= 0.3 is 0 Å². The topological polar surface area (TPSA) is 27.7 Å². The fraction of sp³-hybridized carbons (Fsp3) is 1.00. The third kappa shape index (κ3) is 3.55. The monoisotopic (exact) mass is 340 g/mol. The van der Waals surface area contributed by atoms with Gasteiger partial charge in [-0.2, -0.15) is 0 Å². The average molecular weight is 340 g/mol. The summed E-state index contributed by atoms with van der Waals surface area (Å²) in [5.41, 5.74) is 0.163. The van der Waals surface area contributed by atoms with Gasteiger partial charge < -0.3 is 14.2 Å². The summed E-state index contributed by atoms with van der Waals surface area (Å²) in [4.78, 5) is 0. The van der Waals surface area contributed by atoms with Crippen LogP contribution >= 0.6 is 22.6 Å². The second kappa shape index (κ2) is 6.52. The van der Waals surface area contributed by atoms with Crippen LogP contribution in [0.25, 0.3) is 0 Å². The number of ether oxygens (including phenoxy) is 3. The van der Waals surface area contributed by atoms with Crippen molar-refractivity contribution >= 4 is 22.6 Å². The van der Waals surface area contributed by atoms with Crippen LogP contribution in [-0.4, -0.2) is 42.6 Å². The van der Waals surface area contributed by atoms with Gasteiger partial charge in [-0.25, -0.2) is 0 Å². The SMILES string of the molecule is ICC1(OCCOC2CCOC2)CCCC1. The first-order valence-corrected chi connectivity index (χ1v) is 7.76. The van der Waals surface area contributed by atoms with Crippen molar-refractivity contribution in [2.45, 2.75) is 43.8 Å². The van der Waals surface area contributed by atoms with E-state index in [0.29, 0.717) is 12.7 Å². The molecule has 16 heavy (non-hydrogen) atoms. The first-order valence-electron chi connectivity index (χ1n) is 6.24. The van der Waals surface area contributed by atoms with Crippen molar-refractivity contribution in [1.82, 2.24) is 0 Å². The maximum atomic E-state index is 6.03. The molecule has 3 nitrogen and oxygen atoms in total. The van der Waals surface area contributed by atoms with Gasteiger partial charge in [0, 0.05) is 11.0 Å². The fourth-order valence-electron chi connectivity index (χ4n) is 2.45. The molecule has 94 valence electrons. The maximum absolute atomic E-state index is 6.03. The predicted octanol–water partition coefficient (Wildman–Crippen LogP) is 2.56. The summed E-state index contributed by atoms with van der Waals surface area (Å²) in [6.07, 6.45) is 6.44. The molecular formula is C12H21IO3. The van der Waals surface area contributed by atoms with Crippen LogP contribution in [0.2, 0.25) is 0 Å². The third-order valence-corrected chi connectivity index (χ3v) is 4.88. The highest BCUT2D eigenvalue weighted by Crippen LogP contribution is 2.34. The zero-order chi connectivity index (χ0) is 11.3. The summed E-state index contributed by atoms with van der Waals surface area (Å²) in [6.45, 7) is 3.06. The van der Waals surface area contributed by atoms with E-state index in [1.807, 2.05) is 0 Å². The van der Waals surface area contributed by atoms with E-state index in [1.54, 1.807) is 0 Å². The molecular weight excluding hydrogens is 319 g/mol. The van der Waals surface area contributed by atoms with E-state index in [0.717, 1.165) is 30.7 Å². The molecule has 0 radical (unpaired) electrons. The molecule has 1 saturated carbocycles. The smallest absolute Gasteiger partial charge is 0.0831 e. The molecule has 1 unspecified atom stereocenters. The van der Waals surface area contributed by atoms with Crippen molar-refractivity contribution in [1.29, 1.82) is 0 Å². The molecule has 2 aliphatic rings. The molecule has 1 saturated heterocycles. The number of hydrogen-bond donors (Lipinski definition) is 0. The van der Waals surface area contributed by atoms with Crippen molar-refractivity contribution in [3.8, 4) is 0 Å². The Bertz CT molecular complexity index is 198. The molecule has 0 aromatic carbocycles. The number of rotatable bonds is 6. The van der Waals surface area contributed by atoms with Crippen molar-refractivity contribution in [2.75, 3.05) is 30.9 Å². The Kier molecular flexibility index (Phi) is 5.32. The second-order valence-electron chi connectivity index (χ2n) is 4.73. The normalized spacial score (nSPS) is 28.7. The minimum atomic E-state index is 0.163. The molecule has 0 N–H and O–H groups in total. The van der Waals surface area contributed by atoms with Crippen LogP contribution in [0.4, 0.5) is 0 Å². The van der Waals surface area contributed by atoms with Crippen molar-refractivity contribution < 1.29 is 14.2 Å². The lowest BCUT2D eigenvalue weighted by molar-refractivity contribution is -0.0620. The highest BCUT2D eigenvalue weighted by Gasteiger charge is 2.33. The Hall–Kier alpha value is 0.610. The quantitative estimate of drug-likeness (QED) is 0.423. The molecule has 0 aromatic heterocycles. The van der Waals surface area contributed by atoms with Crippen molar-refractivity contribution in [3.05, 3.63) is 0 Å². The molecule has 1 aliphatic heterocycles. The van der Waals surface area contributed by atoms with Crippen LogP contribution in [0.1, 0.15) is 32.1 Å². The van der Waals surface area contributed by atoms with Crippen LogP contribution in [0, 0.1) is 0 Å². The Labute approximate surface area is 111 Å². The van der Waals surface area contributed by atoms with E-state index in [1.165, 1.54) is 25.7 Å². The first kappa shape index (κ1) is 13.1. The first-order chi connectivity index (χ1) is 7.85. The highest BCUT2D eigenvalue weighted by molar-refractivity contribution is 14.1. The number of halogens is 1. The van der Waals surface area contributed by atoms with E-state index >= 15 is 0 Å². The second-order valence-corrected chi connectivity index (χ2v) is 5.49. The van der Waals surface area contributed by atoms with Gasteiger partial charge in [-0.05, 0) is 19.3 Å². The van der Waals surface area contributed by atoms with E-state index in [9.17, 15) is 0 Å².